The first kappa shape index (κ1) is 19.6. The molecule has 0 spiro atoms. The second-order valence-corrected chi connectivity index (χ2v) is 9.77. The molecule has 0 aliphatic carbocycles. The third kappa shape index (κ3) is 2.71. The number of aromatic amines is 1. The zero-order valence-corrected chi connectivity index (χ0v) is 18.4. The van der Waals surface area contributed by atoms with Gasteiger partial charge in [-0.2, -0.15) is 0 Å². The van der Waals surface area contributed by atoms with Crippen molar-refractivity contribution in [3.8, 4) is 0 Å². The third-order valence-electron chi connectivity index (χ3n) is 7.16. The summed E-state index contributed by atoms with van der Waals surface area (Å²) in [5, 5.41) is 3.20. The summed E-state index contributed by atoms with van der Waals surface area (Å²) in [5.74, 6) is 0.0460. The highest BCUT2D eigenvalue weighted by Gasteiger charge is 2.57. The maximum atomic E-state index is 13.8. The second kappa shape index (κ2) is 7.38. The van der Waals surface area contributed by atoms with Gasteiger partial charge in [0, 0.05) is 29.1 Å². The molecule has 1 aromatic carbocycles. The van der Waals surface area contributed by atoms with Crippen molar-refractivity contribution in [3.63, 3.8) is 0 Å². The number of ketones is 1. The SMILES string of the molecule is CCCC[C@]12c3[nH]c4ccccc4c3CCN1C(=O)[C@H](C)C[C@H]2C(=O)c1cccs1. The van der Waals surface area contributed by atoms with E-state index in [1.54, 1.807) is 0 Å². The number of para-hydroxylation sites is 1. The van der Waals surface area contributed by atoms with Crippen molar-refractivity contribution < 1.29 is 9.59 Å². The molecule has 0 radical (unpaired) electrons. The predicted octanol–water partition coefficient (Wildman–Crippen LogP) is 5.54. The average molecular weight is 421 g/mol. The minimum Gasteiger partial charge on any atom is -0.356 e. The molecule has 30 heavy (non-hydrogen) atoms. The molecule has 5 rings (SSSR count). The Hall–Kier alpha value is -2.40. The van der Waals surface area contributed by atoms with Crippen molar-refractivity contribution in [1.29, 1.82) is 0 Å². The maximum Gasteiger partial charge on any atom is 0.226 e. The van der Waals surface area contributed by atoms with Crippen LogP contribution in [0.5, 0.6) is 0 Å². The van der Waals surface area contributed by atoms with Gasteiger partial charge in [-0.25, -0.2) is 0 Å². The summed E-state index contributed by atoms with van der Waals surface area (Å²) in [6, 6.07) is 12.3. The number of unbranched alkanes of at least 4 members (excludes halogenated alkanes) is 1. The zero-order valence-electron chi connectivity index (χ0n) is 17.6. The number of thiophene rings is 1. The number of aromatic nitrogens is 1. The van der Waals surface area contributed by atoms with Gasteiger partial charge in [-0.1, -0.05) is 51.0 Å². The van der Waals surface area contributed by atoms with E-state index in [2.05, 4.69) is 35.0 Å². The van der Waals surface area contributed by atoms with Crippen LogP contribution in [-0.2, 0) is 16.8 Å². The highest BCUT2D eigenvalue weighted by Crippen LogP contribution is 2.52. The summed E-state index contributed by atoms with van der Waals surface area (Å²) in [5.41, 5.74) is 2.93. The predicted molar refractivity (Wildman–Crippen MR) is 121 cm³/mol. The van der Waals surface area contributed by atoms with Gasteiger partial charge in [0.15, 0.2) is 5.78 Å². The van der Waals surface area contributed by atoms with Crippen LogP contribution in [0.3, 0.4) is 0 Å². The van der Waals surface area contributed by atoms with E-state index in [9.17, 15) is 9.59 Å². The number of hydrogen-bond acceptors (Lipinski definition) is 3. The van der Waals surface area contributed by atoms with Crippen LogP contribution in [-0.4, -0.2) is 28.1 Å². The van der Waals surface area contributed by atoms with Gasteiger partial charge in [-0.3, -0.25) is 9.59 Å². The third-order valence-corrected chi connectivity index (χ3v) is 8.04. The molecule has 0 bridgehead atoms. The molecule has 4 heterocycles. The Kier molecular flexibility index (Phi) is 4.81. The minimum atomic E-state index is -0.576. The molecule has 156 valence electrons. The lowest BCUT2D eigenvalue weighted by Gasteiger charge is -2.55. The fourth-order valence-electron chi connectivity index (χ4n) is 5.77. The van der Waals surface area contributed by atoms with Crippen LogP contribution in [0.15, 0.2) is 41.8 Å². The molecule has 1 N–H and O–H groups in total. The summed E-state index contributed by atoms with van der Waals surface area (Å²) in [4.78, 5) is 33.8. The van der Waals surface area contributed by atoms with E-state index >= 15 is 0 Å². The number of piperidine rings is 1. The van der Waals surface area contributed by atoms with E-state index in [0.29, 0.717) is 13.0 Å². The smallest absolute Gasteiger partial charge is 0.226 e. The standard InChI is InChI=1S/C25H28N2O2S/c1-3-4-12-25-19(22(28)21-10-7-14-30-21)15-16(2)24(29)27(25)13-11-18-17-8-5-6-9-20(17)26-23(18)25/h5-10,14,16,19,26H,3-4,11-13,15H2,1-2H3/t16-,19+,25+/m1/s1. The van der Waals surface area contributed by atoms with Crippen LogP contribution < -0.4 is 0 Å². The summed E-state index contributed by atoms with van der Waals surface area (Å²) < 4.78 is 0. The number of amides is 1. The number of fused-ring (bicyclic) bond motifs is 5. The summed E-state index contributed by atoms with van der Waals surface area (Å²) >= 11 is 1.51. The normalized spacial score (nSPS) is 25.9. The van der Waals surface area contributed by atoms with Crippen LogP contribution in [0.25, 0.3) is 10.9 Å². The van der Waals surface area contributed by atoms with Crippen molar-refractivity contribution in [2.75, 3.05) is 6.54 Å². The number of benzene rings is 1. The first-order valence-electron chi connectivity index (χ1n) is 11.1. The molecular weight excluding hydrogens is 392 g/mol. The lowest BCUT2D eigenvalue weighted by Crippen LogP contribution is -2.63. The maximum absolute atomic E-state index is 13.8. The summed E-state index contributed by atoms with van der Waals surface area (Å²) in [6.45, 7) is 4.86. The molecular formula is C25H28N2O2S. The van der Waals surface area contributed by atoms with Gasteiger partial charge in [0.1, 0.15) is 0 Å². The molecule has 2 aromatic heterocycles. The zero-order chi connectivity index (χ0) is 20.9. The van der Waals surface area contributed by atoms with Crippen LogP contribution >= 0.6 is 11.3 Å². The topological polar surface area (TPSA) is 53.2 Å². The van der Waals surface area contributed by atoms with E-state index < -0.39 is 5.54 Å². The first-order chi connectivity index (χ1) is 14.6. The quantitative estimate of drug-likeness (QED) is 0.551. The first-order valence-corrected chi connectivity index (χ1v) is 11.9. The molecule has 2 aliphatic rings. The fraction of sp³-hybridized carbons (Fsp3) is 0.440. The molecule has 1 fully saturated rings. The molecule has 3 aromatic rings. The van der Waals surface area contributed by atoms with E-state index in [-0.39, 0.29) is 23.5 Å². The Morgan fingerprint density at radius 1 is 1.27 bits per heavy atom. The van der Waals surface area contributed by atoms with Crippen LogP contribution in [0.1, 0.15) is 60.5 Å². The average Bonchev–Trinajstić information content (AvgIpc) is 3.42. The molecule has 0 saturated carbocycles. The summed E-state index contributed by atoms with van der Waals surface area (Å²) in [6.07, 6.45) is 4.30. The number of carbonyl (C=O) groups excluding carboxylic acids is 2. The Balaban J connectivity index is 1.75. The summed E-state index contributed by atoms with van der Waals surface area (Å²) in [7, 11) is 0. The Morgan fingerprint density at radius 2 is 2.10 bits per heavy atom. The largest absolute Gasteiger partial charge is 0.356 e. The van der Waals surface area contributed by atoms with Gasteiger partial charge in [-0.15, -0.1) is 11.3 Å². The van der Waals surface area contributed by atoms with Crippen molar-refractivity contribution >= 4 is 33.9 Å². The molecule has 2 aliphatic heterocycles. The molecule has 0 unspecified atom stereocenters. The number of nitrogens with zero attached hydrogens (tertiary/aromatic N) is 1. The van der Waals surface area contributed by atoms with Crippen LogP contribution in [0.4, 0.5) is 0 Å². The number of nitrogens with one attached hydrogen (secondary N) is 1. The highest BCUT2D eigenvalue weighted by molar-refractivity contribution is 7.12. The van der Waals surface area contributed by atoms with Gasteiger partial charge < -0.3 is 9.88 Å². The van der Waals surface area contributed by atoms with E-state index in [4.69, 9.17) is 0 Å². The molecule has 5 heteroatoms. The van der Waals surface area contributed by atoms with E-state index in [1.165, 1.54) is 22.3 Å². The lowest BCUT2D eigenvalue weighted by atomic mass is 9.64. The van der Waals surface area contributed by atoms with Crippen molar-refractivity contribution in [2.24, 2.45) is 11.8 Å². The fourth-order valence-corrected chi connectivity index (χ4v) is 6.49. The molecule has 1 saturated heterocycles. The number of rotatable bonds is 5. The van der Waals surface area contributed by atoms with Crippen LogP contribution in [0.2, 0.25) is 0 Å². The minimum absolute atomic E-state index is 0.125. The molecule has 4 nitrogen and oxygen atoms in total. The molecule has 3 atom stereocenters. The molecule has 1 amide bonds. The van der Waals surface area contributed by atoms with Gasteiger partial charge in [0.2, 0.25) is 5.91 Å². The number of H-pyrrole nitrogens is 1. The van der Waals surface area contributed by atoms with E-state index in [0.717, 1.165) is 41.8 Å². The number of carbonyl (C=O) groups is 2. The Bertz CT molecular complexity index is 1100. The van der Waals surface area contributed by atoms with Gasteiger partial charge >= 0.3 is 0 Å². The van der Waals surface area contributed by atoms with E-state index in [1.807, 2.05) is 30.5 Å². The Morgan fingerprint density at radius 3 is 2.87 bits per heavy atom. The second-order valence-electron chi connectivity index (χ2n) is 8.82. The number of Topliss-reactive ketones (excluding diaryl/α,β-unsaturated/α-hetero) is 1. The van der Waals surface area contributed by atoms with Crippen molar-refractivity contribution in [2.45, 2.75) is 51.5 Å². The van der Waals surface area contributed by atoms with Gasteiger partial charge in [0.25, 0.3) is 0 Å². The van der Waals surface area contributed by atoms with Crippen molar-refractivity contribution in [3.05, 3.63) is 57.9 Å². The Labute approximate surface area is 181 Å². The number of hydrogen-bond donors (Lipinski definition) is 1. The van der Waals surface area contributed by atoms with Gasteiger partial charge in [-0.05, 0) is 42.3 Å². The van der Waals surface area contributed by atoms with Gasteiger partial charge in [0.05, 0.1) is 16.3 Å². The van der Waals surface area contributed by atoms with Crippen molar-refractivity contribution in [1.82, 2.24) is 9.88 Å². The lowest BCUT2D eigenvalue weighted by molar-refractivity contribution is -0.154. The monoisotopic (exact) mass is 420 g/mol. The highest BCUT2D eigenvalue weighted by atomic mass is 32.1. The van der Waals surface area contributed by atoms with Crippen LogP contribution in [0, 0.1) is 11.8 Å².